The summed E-state index contributed by atoms with van der Waals surface area (Å²) in [6.45, 7) is 6.78. The molecule has 2 N–H and O–H groups in total. The maximum absolute atomic E-state index is 12.6. The molecule has 1 rings (SSSR count). The Bertz CT molecular complexity index is 471. The minimum Gasteiger partial charge on any atom is -0.398 e. The highest BCUT2D eigenvalue weighted by Gasteiger charge is 2.26. The Kier molecular flexibility index (Phi) is 5.16. The van der Waals surface area contributed by atoms with E-state index in [1.54, 1.807) is 25.1 Å². The van der Waals surface area contributed by atoms with Crippen LogP contribution in [0.5, 0.6) is 0 Å². The number of nitrogen functional groups attached to an aromatic ring is 1. The van der Waals surface area contributed by atoms with Gasteiger partial charge in [0, 0.05) is 13.1 Å². The maximum Gasteiger partial charge on any atom is 0.245 e. The molecule has 0 amide bonds. The highest BCUT2D eigenvalue weighted by atomic mass is 32.2. The lowest BCUT2D eigenvalue weighted by atomic mass is 10.2. The first-order valence-electron chi connectivity index (χ1n) is 6.30. The SMILES string of the molecule is CCCN(CCC)S(=O)(=O)c1c(C)cccc1N. The van der Waals surface area contributed by atoms with E-state index >= 15 is 0 Å². The minimum atomic E-state index is -3.48. The first-order chi connectivity index (χ1) is 8.45. The van der Waals surface area contributed by atoms with Crippen LogP contribution in [0.3, 0.4) is 0 Å². The second kappa shape index (κ2) is 6.20. The molecule has 0 saturated heterocycles. The Hall–Kier alpha value is -1.07. The van der Waals surface area contributed by atoms with Gasteiger partial charge in [0.2, 0.25) is 10.0 Å². The molecule has 0 aliphatic carbocycles. The Morgan fingerprint density at radius 1 is 1.17 bits per heavy atom. The van der Waals surface area contributed by atoms with Crippen molar-refractivity contribution in [1.29, 1.82) is 0 Å². The van der Waals surface area contributed by atoms with Crippen LogP contribution in [-0.4, -0.2) is 25.8 Å². The van der Waals surface area contributed by atoms with Gasteiger partial charge in [0.25, 0.3) is 0 Å². The van der Waals surface area contributed by atoms with Crippen LogP contribution in [0.1, 0.15) is 32.3 Å². The quantitative estimate of drug-likeness (QED) is 0.807. The van der Waals surface area contributed by atoms with Gasteiger partial charge in [-0.2, -0.15) is 4.31 Å². The molecule has 0 aliphatic rings. The monoisotopic (exact) mass is 270 g/mol. The van der Waals surface area contributed by atoms with Crippen LogP contribution in [-0.2, 0) is 10.0 Å². The summed E-state index contributed by atoms with van der Waals surface area (Å²) in [6.07, 6.45) is 1.59. The van der Waals surface area contributed by atoms with E-state index in [-0.39, 0.29) is 4.90 Å². The van der Waals surface area contributed by atoms with E-state index in [9.17, 15) is 8.42 Å². The summed E-state index contributed by atoms with van der Waals surface area (Å²) in [6, 6.07) is 5.18. The van der Waals surface area contributed by atoms with Gasteiger partial charge in [-0.3, -0.25) is 0 Å². The highest BCUT2D eigenvalue weighted by Crippen LogP contribution is 2.26. The van der Waals surface area contributed by atoms with E-state index in [1.807, 2.05) is 13.8 Å². The lowest BCUT2D eigenvalue weighted by Gasteiger charge is -2.22. The summed E-state index contributed by atoms with van der Waals surface area (Å²) < 4.78 is 26.7. The molecule has 0 fully saturated rings. The fraction of sp³-hybridized carbons (Fsp3) is 0.538. The van der Waals surface area contributed by atoms with Crippen molar-refractivity contribution in [3.63, 3.8) is 0 Å². The van der Waals surface area contributed by atoms with Gasteiger partial charge in [-0.1, -0.05) is 26.0 Å². The number of sulfonamides is 1. The first kappa shape index (κ1) is 15.0. The van der Waals surface area contributed by atoms with Crippen molar-refractivity contribution in [1.82, 2.24) is 4.31 Å². The van der Waals surface area contributed by atoms with Crippen LogP contribution in [0.4, 0.5) is 5.69 Å². The summed E-state index contributed by atoms with van der Waals surface area (Å²) in [5.74, 6) is 0. The smallest absolute Gasteiger partial charge is 0.245 e. The zero-order chi connectivity index (χ0) is 13.8. The van der Waals surface area contributed by atoms with Crippen molar-refractivity contribution in [3.05, 3.63) is 23.8 Å². The average molecular weight is 270 g/mol. The lowest BCUT2D eigenvalue weighted by molar-refractivity contribution is 0.410. The molecule has 4 nitrogen and oxygen atoms in total. The molecule has 5 heteroatoms. The van der Waals surface area contributed by atoms with E-state index < -0.39 is 10.0 Å². The normalized spacial score (nSPS) is 12.0. The van der Waals surface area contributed by atoms with Crippen molar-refractivity contribution in [2.24, 2.45) is 0 Å². The predicted octanol–water partition coefficient (Wildman–Crippen LogP) is 2.39. The van der Waals surface area contributed by atoms with Crippen LogP contribution in [0.15, 0.2) is 23.1 Å². The second-order valence-corrected chi connectivity index (χ2v) is 6.27. The zero-order valence-corrected chi connectivity index (χ0v) is 12.1. The van der Waals surface area contributed by atoms with E-state index in [0.29, 0.717) is 24.3 Å². The second-order valence-electron chi connectivity index (χ2n) is 4.40. The Morgan fingerprint density at radius 3 is 2.17 bits per heavy atom. The van der Waals surface area contributed by atoms with Gasteiger partial charge in [0.15, 0.2) is 0 Å². The van der Waals surface area contributed by atoms with E-state index in [2.05, 4.69) is 0 Å². The molecule has 0 atom stereocenters. The third-order valence-corrected chi connectivity index (χ3v) is 4.90. The van der Waals surface area contributed by atoms with Crippen LogP contribution in [0.2, 0.25) is 0 Å². The molecule has 0 heterocycles. The number of anilines is 1. The molecule has 1 aromatic carbocycles. The predicted molar refractivity (Wildman–Crippen MR) is 74.9 cm³/mol. The van der Waals surface area contributed by atoms with E-state index in [0.717, 1.165) is 12.8 Å². The van der Waals surface area contributed by atoms with Gasteiger partial charge < -0.3 is 5.73 Å². The molecule has 0 radical (unpaired) electrons. The molecule has 0 saturated carbocycles. The molecule has 102 valence electrons. The third-order valence-electron chi connectivity index (χ3n) is 2.79. The van der Waals surface area contributed by atoms with Crippen molar-refractivity contribution in [2.75, 3.05) is 18.8 Å². The number of aryl methyl sites for hydroxylation is 1. The largest absolute Gasteiger partial charge is 0.398 e. The lowest BCUT2D eigenvalue weighted by Crippen LogP contribution is -2.33. The number of benzene rings is 1. The molecule has 0 aliphatic heterocycles. The van der Waals surface area contributed by atoms with Crippen molar-refractivity contribution < 1.29 is 8.42 Å². The highest BCUT2D eigenvalue weighted by molar-refractivity contribution is 7.89. The summed E-state index contributed by atoms with van der Waals surface area (Å²) >= 11 is 0. The van der Waals surface area contributed by atoms with Gasteiger partial charge in [0.1, 0.15) is 4.90 Å². The van der Waals surface area contributed by atoms with Gasteiger partial charge >= 0.3 is 0 Å². The molecule has 1 aromatic rings. The molecule has 0 spiro atoms. The number of rotatable bonds is 6. The van der Waals surface area contributed by atoms with Crippen LogP contribution < -0.4 is 5.73 Å². The summed E-state index contributed by atoms with van der Waals surface area (Å²) in [7, 11) is -3.48. The Labute approximate surface area is 110 Å². The Balaban J connectivity index is 3.26. The minimum absolute atomic E-state index is 0.256. The standard InChI is InChI=1S/C13H22N2O2S/c1-4-9-15(10-5-2)18(16,17)13-11(3)7-6-8-12(13)14/h6-8H,4-5,9-10,14H2,1-3H3. The van der Waals surface area contributed by atoms with Crippen molar-refractivity contribution in [3.8, 4) is 0 Å². The van der Waals surface area contributed by atoms with E-state index in [4.69, 9.17) is 5.73 Å². The van der Waals surface area contributed by atoms with Crippen LogP contribution >= 0.6 is 0 Å². The zero-order valence-electron chi connectivity index (χ0n) is 11.3. The number of nitrogens with zero attached hydrogens (tertiary/aromatic N) is 1. The van der Waals surface area contributed by atoms with Crippen molar-refractivity contribution >= 4 is 15.7 Å². The fourth-order valence-electron chi connectivity index (χ4n) is 2.01. The number of hydrogen-bond acceptors (Lipinski definition) is 3. The van der Waals surface area contributed by atoms with Crippen molar-refractivity contribution in [2.45, 2.75) is 38.5 Å². The molecular formula is C13H22N2O2S. The van der Waals surface area contributed by atoms with Gasteiger partial charge in [0.05, 0.1) is 5.69 Å². The molecule has 0 aromatic heterocycles. The average Bonchev–Trinajstić information content (AvgIpc) is 2.28. The number of nitrogens with two attached hydrogens (primary N) is 1. The summed E-state index contributed by atoms with van der Waals surface area (Å²) in [5, 5.41) is 0. The Morgan fingerprint density at radius 2 is 1.72 bits per heavy atom. The number of hydrogen-bond donors (Lipinski definition) is 1. The van der Waals surface area contributed by atoms with Gasteiger partial charge in [-0.05, 0) is 31.4 Å². The maximum atomic E-state index is 12.6. The fourth-order valence-corrected chi connectivity index (χ4v) is 3.95. The summed E-state index contributed by atoms with van der Waals surface area (Å²) in [5.41, 5.74) is 6.86. The van der Waals surface area contributed by atoms with Crippen LogP contribution in [0, 0.1) is 6.92 Å². The summed E-state index contributed by atoms with van der Waals surface area (Å²) in [4.78, 5) is 0.256. The topological polar surface area (TPSA) is 63.4 Å². The molecule has 0 bridgehead atoms. The molecule has 0 unspecified atom stereocenters. The molecule has 18 heavy (non-hydrogen) atoms. The molecular weight excluding hydrogens is 248 g/mol. The van der Waals surface area contributed by atoms with Crippen LogP contribution in [0.25, 0.3) is 0 Å². The first-order valence-corrected chi connectivity index (χ1v) is 7.74. The van der Waals surface area contributed by atoms with Gasteiger partial charge in [-0.15, -0.1) is 0 Å². The van der Waals surface area contributed by atoms with Gasteiger partial charge in [-0.25, -0.2) is 8.42 Å². The third kappa shape index (κ3) is 3.03. The van der Waals surface area contributed by atoms with E-state index in [1.165, 1.54) is 4.31 Å².